The normalized spacial score (nSPS) is 20.4. The summed E-state index contributed by atoms with van der Waals surface area (Å²) in [5.41, 5.74) is 2.35. The van der Waals surface area contributed by atoms with E-state index in [2.05, 4.69) is 52.6 Å². The van der Waals surface area contributed by atoms with E-state index in [1.54, 1.807) is 0 Å². The number of hydrogen-bond acceptors (Lipinski definition) is 4. The third kappa shape index (κ3) is 9.14. The van der Waals surface area contributed by atoms with Gasteiger partial charge in [-0.05, 0) is 69.8 Å². The minimum absolute atomic E-state index is 0. The van der Waals surface area contributed by atoms with Crippen molar-refractivity contribution >= 4 is 29.9 Å². The maximum absolute atomic E-state index is 6.20. The highest BCUT2D eigenvalue weighted by molar-refractivity contribution is 14.0. The van der Waals surface area contributed by atoms with E-state index in [0.717, 1.165) is 49.2 Å². The Balaban J connectivity index is 0.00000341. The number of guanidine groups is 1. The standard InChI is InChI=1S/C24H40N4O2.HI/c1-19-8-13-28(14-9-19)12-5-4-11-26-24(25-3)27-17-21-7-6-20(2)16-23(21)30-22-10-15-29-18-22;/h6-7,16,19,22H,4-5,8-15,17-18H2,1-3H3,(H2,25,26,27);1H. The van der Waals surface area contributed by atoms with Crippen LogP contribution in [0.2, 0.25) is 0 Å². The first-order chi connectivity index (χ1) is 14.6. The fourth-order valence-electron chi connectivity index (χ4n) is 4.06. The predicted molar refractivity (Wildman–Crippen MR) is 139 cm³/mol. The van der Waals surface area contributed by atoms with Crippen molar-refractivity contribution in [3.05, 3.63) is 29.3 Å². The zero-order chi connectivity index (χ0) is 21.2. The monoisotopic (exact) mass is 544 g/mol. The summed E-state index contributed by atoms with van der Waals surface area (Å²) in [4.78, 5) is 6.99. The molecular weight excluding hydrogens is 503 g/mol. The molecule has 176 valence electrons. The van der Waals surface area contributed by atoms with Crippen molar-refractivity contribution in [1.82, 2.24) is 15.5 Å². The van der Waals surface area contributed by atoms with Gasteiger partial charge in [0.25, 0.3) is 0 Å². The number of ether oxygens (including phenoxy) is 2. The van der Waals surface area contributed by atoms with Crippen molar-refractivity contribution in [1.29, 1.82) is 0 Å². The average Bonchev–Trinajstić information content (AvgIpc) is 3.25. The van der Waals surface area contributed by atoms with Crippen LogP contribution in [0, 0.1) is 12.8 Å². The Labute approximate surface area is 205 Å². The molecule has 1 aromatic carbocycles. The molecule has 2 aliphatic rings. The molecule has 0 amide bonds. The Morgan fingerprint density at radius 2 is 2.00 bits per heavy atom. The van der Waals surface area contributed by atoms with Gasteiger partial charge in [-0.1, -0.05) is 19.1 Å². The Morgan fingerprint density at radius 3 is 2.71 bits per heavy atom. The second-order valence-electron chi connectivity index (χ2n) is 8.80. The number of nitrogens with zero attached hydrogens (tertiary/aromatic N) is 2. The number of hydrogen-bond donors (Lipinski definition) is 2. The lowest BCUT2D eigenvalue weighted by Crippen LogP contribution is -2.38. The number of aliphatic imine (C=N–C) groups is 1. The van der Waals surface area contributed by atoms with E-state index in [1.165, 1.54) is 44.5 Å². The van der Waals surface area contributed by atoms with Crippen LogP contribution >= 0.6 is 24.0 Å². The number of halogens is 1. The SMILES string of the molecule is CN=C(NCCCCN1CCC(C)CC1)NCc1ccc(C)cc1OC1CCOC1.I. The molecule has 0 saturated carbocycles. The molecule has 2 aliphatic heterocycles. The van der Waals surface area contributed by atoms with Gasteiger partial charge in [-0.2, -0.15) is 0 Å². The lowest BCUT2D eigenvalue weighted by Gasteiger charge is -2.30. The zero-order valence-corrected chi connectivity index (χ0v) is 21.8. The third-order valence-electron chi connectivity index (χ3n) is 6.14. The summed E-state index contributed by atoms with van der Waals surface area (Å²) >= 11 is 0. The third-order valence-corrected chi connectivity index (χ3v) is 6.14. The Bertz CT molecular complexity index is 672. The number of benzene rings is 1. The van der Waals surface area contributed by atoms with Crippen LogP contribution in [0.15, 0.2) is 23.2 Å². The lowest BCUT2D eigenvalue weighted by atomic mass is 9.99. The first kappa shape index (κ1) is 26.2. The molecule has 1 atom stereocenters. The molecule has 2 heterocycles. The summed E-state index contributed by atoms with van der Waals surface area (Å²) in [6, 6.07) is 6.39. The predicted octanol–water partition coefficient (Wildman–Crippen LogP) is 3.96. The van der Waals surface area contributed by atoms with Crippen LogP contribution in [0.1, 0.15) is 50.2 Å². The van der Waals surface area contributed by atoms with E-state index in [9.17, 15) is 0 Å². The van der Waals surface area contributed by atoms with E-state index >= 15 is 0 Å². The van der Waals surface area contributed by atoms with Crippen molar-refractivity contribution in [2.45, 2.75) is 58.6 Å². The van der Waals surface area contributed by atoms with E-state index in [0.29, 0.717) is 13.2 Å². The minimum atomic E-state index is 0. The van der Waals surface area contributed by atoms with Crippen molar-refractivity contribution in [2.24, 2.45) is 10.9 Å². The Kier molecular flexibility index (Phi) is 12.0. The number of likely N-dealkylation sites (tertiary alicyclic amines) is 1. The van der Waals surface area contributed by atoms with E-state index in [1.807, 2.05) is 7.05 Å². The molecule has 2 fully saturated rings. The van der Waals surface area contributed by atoms with Crippen LogP contribution in [0.4, 0.5) is 0 Å². The van der Waals surface area contributed by atoms with Crippen LogP contribution in [-0.4, -0.2) is 63.4 Å². The minimum Gasteiger partial charge on any atom is -0.488 e. The van der Waals surface area contributed by atoms with Crippen LogP contribution in [-0.2, 0) is 11.3 Å². The summed E-state index contributed by atoms with van der Waals surface area (Å²) in [6.07, 6.45) is 6.22. The number of piperidine rings is 1. The molecule has 0 spiro atoms. The Hall–Kier alpha value is -1.06. The summed E-state index contributed by atoms with van der Waals surface area (Å²) in [6.45, 7) is 11.3. The average molecular weight is 545 g/mol. The summed E-state index contributed by atoms with van der Waals surface area (Å²) in [5.74, 6) is 2.70. The molecule has 31 heavy (non-hydrogen) atoms. The number of unbranched alkanes of at least 4 members (excludes halogenated alkanes) is 1. The summed E-state index contributed by atoms with van der Waals surface area (Å²) in [7, 11) is 1.83. The summed E-state index contributed by atoms with van der Waals surface area (Å²) in [5, 5.41) is 6.88. The van der Waals surface area contributed by atoms with Gasteiger partial charge in [0, 0.05) is 32.1 Å². The van der Waals surface area contributed by atoms with Crippen LogP contribution in [0.5, 0.6) is 5.75 Å². The topological polar surface area (TPSA) is 58.1 Å². The zero-order valence-electron chi connectivity index (χ0n) is 19.5. The first-order valence-electron chi connectivity index (χ1n) is 11.6. The number of nitrogens with one attached hydrogen (secondary N) is 2. The van der Waals surface area contributed by atoms with Gasteiger partial charge in [0.15, 0.2) is 5.96 Å². The molecule has 0 radical (unpaired) electrons. The molecule has 0 aliphatic carbocycles. The van der Waals surface area contributed by atoms with Crippen LogP contribution < -0.4 is 15.4 Å². The smallest absolute Gasteiger partial charge is 0.191 e. The fraction of sp³-hybridized carbons (Fsp3) is 0.708. The molecule has 0 aromatic heterocycles. The first-order valence-corrected chi connectivity index (χ1v) is 11.6. The second kappa shape index (κ2) is 14.2. The van der Waals surface area contributed by atoms with E-state index < -0.39 is 0 Å². The second-order valence-corrected chi connectivity index (χ2v) is 8.80. The van der Waals surface area contributed by atoms with Crippen molar-refractivity contribution in [2.75, 3.05) is 46.4 Å². The van der Waals surface area contributed by atoms with Crippen molar-refractivity contribution < 1.29 is 9.47 Å². The fourth-order valence-corrected chi connectivity index (χ4v) is 4.06. The van der Waals surface area contributed by atoms with Gasteiger partial charge in [-0.25, -0.2) is 0 Å². The largest absolute Gasteiger partial charge is 0.488 e. The van der Waals surface area contributed by atoms with Crippen LogP contribution in [0.3, 0.4) is 0 Å². The van der Waals surface area contributed by atoms with Gasteiger partial charge in [0.2, 0.25) is 0 Å². The van der Waals surface area contributed by atoms with Gasteiger partial charge in [-0.15, -0.1) is 24.0 Å². The van der Waals surface area contributed by atoms with E-state index in [-0.39, 0.29) is 30.1 Å². The quantitative estimate of drug-likeness (QED) is 0.214. The molecule has 3 rings (SSSR count). The van der Waals surface area contributed by atoms with Gasteiger partial charge in [-0.3, -0.25) is 4.99 Å². The molecule has 7 heteroatoms. The Morgan fingerprint density at radius 1 is 1.19 bits per heavy atom. The van der Waals surface area contributed by atoms with Gasteiger partial charge < -0.3 is 25.0 Å². The number of aryl methyl sites for hydroxylation is 1. The highest BCUT2D eigenvalue weighted by atomic mass is 127. The van der Waals surface area contributed by atoms with Gasteiger partial charge in [0.1, 0.15) is 11.9 Å². The molecule has 1 unspecified atom stereocenters. The van der Waals surface area contributed by atoms with Crippen molar-refractivity contribution in [3.8, 4) is 5.75 Å². The molecule has 6 nitrogen and oxygen atoms in total. The molecule has 2 saturated heterocycles. The maximum Gasteiger partial charge on any atom is 0.191 e. The van der Waals surface area contributed by atoms with Gasteiger partial charge in [0.05, 0.1) is 13.2 Å². The summed E-state index contributed by atoms with van der Waals surface area (Å²) < 4.78 is 11.7. The van der Waals surface area contributed by atoms with Crippen molar-refractivity contribution in [3.63, 3.8) is 0 Å². The molecule has 2 N–H and O–H groups in total. The van der Waals surface area contributed by atoms with E-state index in [4.69, 9.17) is 9.47 Å². The maximum atomic E-state index is 6.20. The highest BCUT2D eigenvalue weighted by Crippen LogP contribution is 2.23. The molecule has 1 aromatic rings. The van der Waals surface area contributed by atoms with Gasteiger partial charge >= 0.3 is 0 Å². The lowest BCUT2D eigenvalue weighted by molar-refractivity contribution is 0.140. The highest BCUT2D eigenvalue weighted by Gasteiger charge is 2.19. The van der Waals surface area contributed by atoms with Crippen LogP contribution in [0.25, 0.3) is 0 Å². The molecule has 0 bridgehead atoms. The number of rotatable bonds is 9. The molecular formula is C24H41IN4O2.